The van der Waals surface area contributed by atoms with Crippen LogP contribution in [0.3, 0.4) is 0 Å². The predicted octanol–water partition coefficient (Wildman–Crippen LogP) is 0.542. The third-order valence-electron chi connectivity index (χ3n) is 5.11. The van der Waals surface area contributed by atoms with Crippen LogP contribution in [0.5, 0.6) is 0 Å². The molecule has 0 radical (unpaired) electrons. The number of sulfonamides is 2. The third-order valence-corrected chi connectivity index (χ3v) is 7.95. The lowest BCUT2D eigenvalue weighted by atomic mass is 10.1. The first-order chi connectivity index (χ1) is 14.5. The topological polar surface area (TPSA) is 121 Å². The number of rotatable bonds is 6. The Morgan fingerprint density at radius 2 is 1.52 bits per heavy atom. The van der Waals surface area contributed by atoms with Gasteiger partial charge in [-0.15, -0.1) is 0 Å². The maximum atomic E-state index is 12.9. The van der Waals surface area contributed by atoms with Crippen molar-refractivity contribution in [3.63, 3.8) is 0 Å². The summed E-state index contributed by atoms with van der Waals surface area (Å²) in [5.74, 6) is -0.0637. The summed E-state index contributed by atoms with van der Waals surface area (Å²) >= 11 is 0. The highest BCUT2D eigenvalue weighted by molar-refractivity contribution is 7.89. The molecular formula is C20H26N4O5S2. The van der Waals surface area contributed by atoms with Crippen molar-refractivity contribution in [1.82, 2.24) is 14.1 Å². The fourth-order valence-corrected chi connectivity index (χ4v) is 5.34. The number of hydrogen-bond donors (Lipinski definition) is 1. The Morgan fingerprint density at radius 3 is 2.06 bits per heavy atom. The number of piperazine rings is 1. The summed E-state index contributed by atoms with van der Waals surface area (Å²) in [7, 11) is -4.20. The van der Waals surface area contributed by atoms with E-state index in [1.165, 1.54) is 33.5 Å². The molecule has 1 aliphatic heterocycles. The molecule has 0 atom stereocenters. The zero-order valence-electron chi connectivity index (χ0n) is 17.4. The number of primary sulfonamides is 1. The van der Waals surface area contributed by atoms with Gasteiger partial charge in [0.25, 0.3) is 5.91 Å². The van der Waals surface area contributed by atoms with Gasteiger partial charge < -0.3 is 4.90 Å². The van der Waals surface area contributed by atoms with E-state index in [4.69, 9.17) is 5.14 Å². The van der Waals surface area contributed by atoms with E-state index in [0.29, 0.717) is 38.3 Å². The lowest BCUT2D eigenvalue weighted by Crippen LogP contribution is -2.48. The minimum Gasteiger partial charge on any atom is -0.345 e. The van der Waals surface area contributed by atoms with Crippen molar-refractivity contribution in [3.8, 4) is 0 Å². The number of carbonyl (C=O) groups is 1. The van der Waals surface area contributed by atoms with E-state index in [1.54, 1.807) is 20.2 Å². The molecule has 2 aromatic carbocycles. The maximum absolute atomic E-state index is 12.9. The SMILES string of the molecule is CN(C)C(=O)c1cccc(CN2CCN(S(=O)(=O)c3ccc(S(N)(=O)=O)cc3)CC2)c1. The largest absolute Gasteiger partial charge is 0.345 e. The average molecular weight is 467 g/mol. The highest BCUT2D eigenvalue weighted by Gasteiger charge is 2.28. The number of carbonyl (C=O) groups excluding carboxylic acids is 1. The molecular weight excluding hydrogens is 440 g/mol. The molecule has 31 heavy (non-hydrogen) atoms. The smallest absolute Gasteiger partial charge is 0.253 e. The van der Waals surface area contributed by atoms with Gasteiger partial charge in [-0.2, -0.15) is 4.31 Å². The van der Waals surface area contributed by atoms with E-state index < -0.39 is 20.0 Å². The van der Waals surface area contributed by atoms with E-state index >= 15 is 0 Å². The standard InChI is InChI=1S/C20H26N4O5S2/c1-22(2)20(25)17-5-3-4-16(14-17)15-23-10-12-24(13-11-23)31(28,29)19-8-6-18(7-9-19)30(21,26)27/h3-9,14H,10-13,15H2,1-2H3,(H2,21,26,27). The zero-order valence-corrected chi connectivity index (χ0v) is 19.1. The molecule has 0 aliphatic carbocycles. The minimum absolute atomic E-state index is 0.0308. The van der Waals surface area contributed by atoms with Crippen LogP contribution in [0.25, 0.3) is 0 Å². The summed E-state index contributed by atoms with van der Waals surface area (Å²) in [6.07, 6.45) is 0. The molecule has 1 saturated heterocycles. The first-order valence-electron chi connectivity index (χ1n) is 9.64. The van der Waals surface area contributed by atoms with Gasteiger partial charge in [0.05, 0.1) is 9.79 Å². The van der Waals surface area contributed by atoms with E-state index in [-0.39, 0.29) is 15.7 Å². The average Bonchev–Trinajstić information content (AvgIpc) is 2.73. The molecule has 0 saturated carbocycles. The quantitative estimate of drug-likeness (QED) is 0.663. The molecule has 0 spiro atoms. The van der Waals surface area contributed by atoms with Crippen LogP contribution in [0.1, 0.15) is 15.9 Å². The Hall–Kier alpha value is -2.31. The van der Waals surface area contributed by atoms with Gasteiger partial charge in [0.1, 0.15) is 0 Å². The van der Waals surface area contributed by atoms with E-state index in [9.17, 15) is 21.6 Å². The summed E-state index contributed by atoms with van der Waals surface area (Å²) in [6, 6.07) is 12.3. The number of amides is 1. The zero-order chi connectivity index (χ0) is 22.8. The van der Waals surface area contributed by atoms with Crippen LogP contribution in [0.2, 0.25) is 0 Å². The number of benzene rings is 2. The molecule has 168 valence electrons. The highest BCUT2D eigenvalue weighted by atomic mass is 32.2. The summed E-state index contributed by atoms with van der Waals surface area (Å²) in [5, 5.41) is 5.06. The number of nitrogens with zero attached hydrogens (tertiary/aromatic N) is 3. The van der Waals surface area contributed by atoms with Crippen molar-refractivity contribution in [2.75, 3.05) is 40.3 Å². The van der Waals surface area contributed by atoms with E-state index in [1.807, 2.05) is 18.2 Å². The molecule has 2 N–H and O–H groups in total. The predicted molar refractivity (Wildman–Crippen MR) is 116 cm³/mol. The third kappa shape index (κ3) is 5.49. The Labute approximate surface area is 183 Å². The van der Waals surface area contributed by atoms with Crippen molar-refractivity contribution in [3.05, 3.63) is 59.7 Å². The Bertz CT molecular complexity index is 1150. The van der Waals surface area contributed by atoms with Gasteiger partial charge in [-0.3, -0.25) is 9.69 Å². The van der Waals surface area contributed by atoms with Crippen LogP contribution < -0.4 is 5.14 Å². The van der Waals surface area contributed by atoms with Crippen LogP contribution in [0, 0.1) is 0 Å². The van der Waals surface area contributed by atoms with E-state index in [2.05, 4.69) is 4.90 Å². The monoisotopic (exact) mass is 466 g/mol. The molecule has 11 heteroatoms. The van der Waals surface area contributed by atoms with E-state index in [0.717, 1.165) is 5.56 Å². The van der Waals surface area contributed by atoms with Crippen molar-refractivity contribution in [2.24, 2.45) is 5.14 Å². The van der Waals surface area contributed by atoms with Gasteiger partial charge in [-0.25, -0.2) is 22.0 Å². The fourth-order valence-electron chi connectivity index (χ4n) is 3.40. The first kappa shape index (κ1) is 23.4. The van der Waals surface area contributed by atoms with Crippen LogP contribution in [-0.4, -0.2) is 77.1 Å². The summed E-state index contributed by atoms with van der Waals surface area (Å²) in [4.78, 5) is 15.7. The molecule has 1 fully saturated rings. The lowest BCUT2D eigenvalue weighted by molar-refractivity contribution is 0.0827. The maximum Gasteiger partial charge on any atom is 0.253 e. The van der Waals surface area contributed by atoms with Gasteiger partial charge in [0, 0.05) is 52.4 Å². The minimum atomic E-state index is -3.88. The van der Waals surface area contributed by atoms with Crippen molar-refractivity contribution in [1.29, 1.82) is 0 Å². The molecule has 1 aliphatic rings. The van der Waals surface area contributed by atoms with Gasteiger partial charge in [-0.1, -0.05) is 12.1 Å². The van der Waals surface area contributed by atoms with Gasteiger partial charge in [0.15, 0.2) is 0 Å². The second kappa shape index (κ2) is 9.05. The van der Waals surface area contributed by atoms with Crippen LogP contribution in [0.4, 0.5) is 0 Å². The second-order valence-electron chi connectivity index (χ2n) is 7.60. The van der Waals surface area contributed by atoms with Crippen molar-refractivity contribution < 1.29 is 21.6 Å². The number of nitrogens with two attached hydrogens (primary N) is 1. The summed E-state index contributed by atoms with van der Waals surface area (Å²) in [6.45, 7) is 2.33. The summed E-state index contributed by atoms with van der Waals surface area (Å²) < 4.78 is 49.9. The van der Waals surface area contributed by atoms with Crippen molar-refractivity contribution in [2.45, 2.75) is 16.3 Å². The van der Waals surface area contributed by atoms with Crippen LogP contribution in [0.15, 0.2) is 58.3 Å². The molecule has 0 unspecified atom stereocenters. The van der Waals surface area contributed by atoms with Gasteiger partial charge in [0.2, 0.25) is 20.0 Å². The molecule has 0 aromatic heterocycles. The van der Waals surface area contributed by atoms with Crippen LogP contribution in [-0.2, 0) is 26.6 Å². The first-order valence-corrected chi connectivity index (χ1v) is 12.6. The Morgan fingerprint density at radius 1 is 0.935 bits per heavy atom. The highest BCUT2D eigenvalue weighted by Crippen LogP contribution is 2.20. The Balaban J connectivity index is 1.64. The normalized spacial score (nSPS) is 16.2. The molecule has 0 bridgehead atoms. The summed E-state index contributed by atoms with van der Waals surface area (Å²) in [5.41, 5.74) is 1.61. The van der Waals surface area contributed by atoms with Gasteiger partial charge in [-0.05, 0) is 42.0 Å². The lowest BCUT2D eigenvalue weighted by Gasteiger charge is -2.34. The molecule has 3 rings (SSSR count). The molecule has 2 aromatic rings. The van der Waals surface area contributed by atoms with Crippen LogP contribution >= 0.6 is 0 Å². The molecule has 1 heterocycles. The number of hydrogen-bond acceptors (Lipinski definition) is 6. The fraction of sp³-hybridized carbons (Fsp3) is 0.350. The molecule has 9 nitrogen and oxygen atoms in total. The second-order valence-corrected chi connectivity index (χ2v) is 11.1. The molecule has 1 amide bonds. The Kier molecular flexibility index (Phi) is 6.82. The van der Waals surface area contributed by atoms with Gasteiger partial charge >= 0.3 is 0 Å². The van der Waals surface area contributed by atoms with Crippen molar-refractivity contribution >= 4 is 26.0 Å².